The van der Waals surface area contributed by atoms with E-state index in [9.17, 15) is 4.79 Å². The summed E-state index contributed by atoms with van der Waals surface area (Å²) in [5.74, 6) is 1.30. The first-order valence-corrected chi connectivity index (χ1v) is 10.4. The summed E-state index contributed by atoms with van der Waals surface area (Å²) in [5, 5.41) is 2.87. The summed E-state index contributed by atoms with van der Waals surface area (Å²) in [4.78, 5) is 17.1. The van der Waals surface area contributed by atoms with E-state index in [0.717, 1.165) is 28.0 Å². The highest BCUT2D eigenvalue weighted by molar-refractivity contribution is 6.02. The molecule has 0 atom stereocenters. The number of hydrogen-bond acceptors (Lipinski definition) is 5. The Morgan fingerprint density at radius 2 is 1.67 bits per heavy atom. The Bertz CT molecular complexity index is 1300. The molecule has 168 valence electrons. The second-order valence-electron chi connectivity index (χ2n) is 7.45. The van der Waals surface area contributed by atoms with Crippen molar-refractivity contribution < 1.29 is 19.0 Å². The highest BCUT2D eigenvalue weighted by Gasteiger charge is 2.12. The molecular weight excluding hydrogens is 418 g/mol. The molecule has 0 bridgehead atoms. The summed E-state index contributed by atoms with van der Waals surface area (Å²) < 4.78 is 18.0. The second-order valence-corrected chi connectivity index (χ2v) is 7.45. The lowest BCUT2D eigenvalue weighted by Gasteiger charge is -2.12. The average molecular weight is 444 g/mol. The van der Waals surface area contributed by atoms with Gasteiger partial charge >= 0.3 is 0 Å². The van der Waals surface area contributed by atoms with Crippen LogP contribution in [0.3, 0.4) is 0 Å². The number of aryl methyl sites for hydroxylation is 1. The van der Waals surface area contributed by atoms with Gasteiger partial charge in [-0.15, -0.1) is 0 Å². The fourth-order valence-electron chi connectivity index (χ4n) is 3.50. The third kappa shape index (κ3) is 4.82. The van der Waals surface area contributed by atoms with Gasteiger partial charge in [-0.2, -0.15) is 0 Å². The summed E-state index contributed by atoms with van der Waals surface area (Å²) in [6.45, 7) is 2.04. The van der Waals surface area contributed by atoms with Gasteiger partial charge < -0.3 is 23.9 Å². The molecule has 2 heterocycles. The molecule has 0 saturated carbocycles. The van der Waals surface area contributed by atoms with Gasteiger partial charge in [-0.1, -0.05) is 12.1 Å². The molecular formula is C26H25N3O4. The summed E-state index contributed by atoms with van der Waals surface area (Å²) in [7, 11) is 4.65. The number of carbonyl (C=O) groups excluding carboxylic acids is 1. The fourth-order valence-corrected chi connectivity index (χ4v) is 3.50. The number of carbonyl (C=O) groups is 1. The zero-order chi connectivity index (χ0) is 23.4. The quantitative estimate of drug-likeness (QED) is 0.408. The van der Waals surface area contributed by atoms with Crippen LogP contribution < -0.4 is 19.5 Å². The van der Waals surface area contributed by atoms with Crippen LogP contribution in [0.2, 0.25) is 0 Å². The number of benzene rings is 2. The number of anilines is 1. The fraction of sp³-hybridized carbons (Fsp3) is 0.154. The molecule has 0 aliphatic carbocycles. The first-order valence-electron chi connectivity index (χ1n) is 10.4. The number of ether oxygens (including phenoxy) is 3. The lowest BCUT2D eigenvalue weighted by molar-refractivity contribution is -0.111. The molecule has 4 aromatic rings. The molecule has 0 unspecified atom stereocenters. The van der Waals surface area contributed by atoms with E-state index in [1.165, 1.54) is 6.08 Å². The molecule has 4 rings (SSSR count). The predicted molar refractivity (Wildman–Crippen MR) is 129 cm³/mol. The van der Waals surface area contributed by atoms with Crippen molar-refractivity contribution >= 4 is 23.3 Å². The zero-order valence-corrected chi connectivity index (χ0v) is 19.0. The van der Waals surface area contributed by atoms with Crippen molar-refractivity contribution in [2.45, 2.75) is 6.92 Å². The zero-order valence-electron chi connectivity index (χ0n) is 19.0. The van der Waals surface area contributed by atoms with Crippen LogP contribution in [0.1, 0.15) is 11.1 Å². The molecule has 1 N–H and O–H groups in total. The van der Waals surface area contributed by atoms with Crippen molar-refractivity contribution in [3.63, 3.8) is 0 Å². The smallest absolute Gasteiger partial charge is 0.248 e. The Labute approximate surface area is 192 Å². The van der Waals surface area contributed by atoms with Gasteiger partial charge in [0.25, 0.3) is 0 Å². The molecule has 0 aliphatic heterocycles. The molecule has 7 nitrogen and oxygen atoms in total. The Kier molecular flexibility index (Phi) is 6.31. The van der Waals surface area contributed by atoms with Gasteiger partial charge in [-0.05, 0) is 60.5 Å². The summed E-state index contributed by atoms with van der Waals surface area (Å²) in [5.41, 5.74) is 5.36. The van der Waals surface area contributed by atoms with E-state index < -0.39 is 0 Å². The van der Waals surface area contributed by atoms with E-state index >= 15 is 0 Å². The molecule has 2 aromatic carbocycles. The van der Waals surface area contributed by atoms with Crippen molar-refractivity contribution in [3.8, 4) is 28.5 Å². The first kappa shape index (κ1) is 22.0. The lowest BCUT2D eigenvalue weighted by atomic mass is 10.1. The lowest BCUT2D eigenvalue weighted by Crippen LogP contribution is -2.07. The maximum atomic E-state index is 12.4. The summed E-state index contributed by atoms with van der Waals surface area (Å²) in [6, 6.07) is 15.2. The number of amides is 1. The SMILES string of the molecule is COc1cc(/C=C/C(=O)Nc2ccc(-c3cn4ccc(C)cc4n3)cc2)cc(OC)c1OC. The largest absolute Gasteiger partial charge is 0.493 e. The Morgan fingerprint density at radius 1 is 0.970 bits per heavy atom. The van der Waals surface area contributed by atoms with Crippen LogP contribution in [-0.4, -0.2) is 36.6 Å². The number of rotatable bonds is 7. The van der Waals surface area contributed by atoms with Crippen LogP contribution in [0.4, 0.5) is 5.69 Å². The second kappa shape index (κ2) is 9.48. The molecule has 0 spiro atoms. The van der Waals surface area contributed by atoms with Crippen molar-refractivity contribution in [2.24, 2.45) is 0 Å². The highest BCUT2D eigenvalue weighted by Crippen LogP contribution is 2.38. The maximum absolute atomic E-state index is 12.4. The van der Waals surface area contributed by atoms with E-state index in [1.54, 1.807) is 39.5 Å². The molecule has 0 aliphatic rings. The van der Waals surface area contributed by atoms with Crippen LogP contribution in [0.15, 0.2) is 67.0 Å². The molecule has 0 radical (unpaired) electrons. The number of imidazole rings is 1. The average Bonchev–Trinajstić information content (AvgIpc) is 3.25. The number of methoxy groups -OCH3 is 3. The van der Waals surface area contributed by atoms with Gasteiger partial charge in [-0.3, -0.25) is 4.79 Å². The van der Waals surface area contributed by atoms with E-state index in [-0.39, 0.29) is 5.91 Å². The Hall–Kier alpha value is -4.26. The minimum atomic E-state index is -0.250. The Morgan fingerprint density at radius 3 is 2.30 bits per heavy atom. The number of nitrogens with zero attached hydrogens (tertiary/aromatic N) is 2. The number of pyridine rings is 1. The molecule has 2 aromatic heterocycles. The molecule has 1 amide bonds. The van der Waals surface area contributed by atoms with E-state index in [1.807, 2.05) is 60.1 Å². The van der Waals surface area contributed by atoms with Gasteiger partial charge in [0, 0.05) is 29.7 Å². The monoisotopic (exact) mass is 443 g/mol. The van der Waals surface area contributed by atoms with Crippen LogP contribution in [0.25, 0.3) is 23.0 Å². The van der Waals surface area contributed by atoms with Crippen LogP contribution in [-0.2, 0) is 4.79 Å². The van der Waals surface area contributed by atoms with Crippen LogP contribution >= 0.6 is 0 Å². The van der Waals surface area contributed by atoms with Crippen molar-refractivity contribution in [3.05, 3.63) is 78.1 Å². The highest BCUT2D eigenvalue weighted by atomic mass is 16.5. The minimum absolute atomic E-state index is 0.250. The van der Waals surface area contributed by atoms with Crippen LogP contribution in [0, 0.1) is 6.92 Å². The molecule has 33 heavy (non-hydrogen) atoms. The third-order valence-corrected chi connectivity index (χ3v) is 5.18. The Balaban J connectivity index is 1.46. The molecule has 0 saturated heterocycles. The van der Waals surface area contributed by atoms with E-state index in [2.05, 4.69) is 10.3 Å². The van der Waals surface area contributed by atoms with Gasteiger partial charge in [-0.25, -0.2) is 4.98 Å². The predicted octanol–water partition coefficient (Wildman–Crippen LogP) is 4.99. The van der Waals surface area contributed by atoms with Crippen LogP contribution in [0.5, 0.6) is 17.2 Å². The minimum Gasteiger partial charge on any atom is -0.493 e. The van der Waals surface area contributed by atoms with Gasteiger partial charge in [0.1, 0.15) is 5.65 Å². The van der Waals surface area contributed by atoms with Gasteiger partial charge in [0.05, 0.1) is 27.0 Å². The number of aromatic nitrogens is 2. The number of fused-ring (bicyclic) bond motifs is 1. The first-order chi connectivity index (χ1) is 16.0. The molecule has 0 fully saturated rings. The van der Waals surface area contributed by atoms with Crippen molar-refractivity contribution in [1.29, 1.82) is 0 Å². The van der Waals surface area contributed by atoms with Crippen molar-refractivity contribution in [1.82, 2.24) is 9.38 Å². The topological polar surface area (TPSA) is 74.1 Å². The van der Waals surface area contributed by atoms with E-state index in [0.29, 0.717) is 22.9 Å². The van der Waals surface area contributed by atoms with Crippen molar-refractivity contribution in [2.75, 3.05) is 26.6 Å². The third-order valence-electron chi connectivity index (χ3n) is 5.18. The maximum Gasteiger partial charge on any atom is 0.248 e. The molecule has 7 heteroatoms. The van der Waals surface area contributed by atoms with Gasteiger partial charge in [0.15, 0.2) is 11.5 Å². The number of nitrogens with one attached hydrogen (secondary N) is 1. The van der Waals surface area contributed by atoms with E-state index in [4.69, 9.17) is 14.2 Å². The van der Waals surface area contributed by atoms with Gasteiger partial charge in [0.2, 0.25) is 11.7 Å². The number of hydrogen-bond donors (Lipinski definition) is 1. The summed E-state index contributed by atoms with van der Waals surface area (Å²) in [6.07, 6.45) is 7.13. The standard InChI is InChI=1S/C26H25N3O4/c1-17-11-12-29-16-21(28-24(29)13-17)19-6-8-20(9-7-19)27-25(30)10-5-18-14-22(31-2)26(33-4)23(15-18)32-3/h5-16H,1-4H3,(H,27,30)/b10-5+. The normalized spacial score (nSPS) is 11.0. The summed E-state index contributed by atoms with van der Waals surface area (Å²) >= 11 is 0.